The molecule has 2 aromatic carbocycles. The third-order valence-electron chi connectivity index (χ3n) is 4.50. The van der Waals surface area contributed by atoms with E-state index in [0.717, 1.165) is 4.88 Å². The zero-order valence-electron chi connectivity index (χ0n) is 16.5. The molecule has 158 valence electrons. The van der Waals surface area contributed by atoms with Gasteiger partial charge in [-0.3, -0.25) is 9.52 Å². The number of likely N-dealkylation sites (N-methyl/N-ethyl adjacent to an activating group) is 1. The predicted octanol–water partition coefficient (Wildman–Crippen LogP) is 3.72. The Hall–Kier alpha value is -2.75. The summed E-state index contributed by atoms with van der Waals surface area (Å²) in [5.41, 5.74) is 0.200. The monoisotopic (exact) mass is 447 g/mol. The zero-order valence-corrected chi connectivity index (χ0v) is 18.1. The average molecular weight is 448 g/mol. The first kappa shape index (κ1) is 21.9. The van der Waals surface area contributed by atoms with Crippen molar-refractivity contribution >= 4 is 33.0 Å². The molecular weight excluding hydrogens is 425 g/mol. The van der Waals surface area contributed by atoms with E-state index < -0.39 is 15.8 Å². The molecule has 0 unspecified atom stereocenters. The highest BCUT2D eigenvalue weighted by Crippen LogP contribution is 2.23. The van der Waals surface area contributed by atoms with Crippen LogP contribution in [-0.2, 0) is 10.0 Å². The quantitative estimate of drug-likeness (QED) is 0.552. The zero-order chi connectivity index (χ0) is 21.7. The van der Waals surface area contributed by atoms with Gasteiger partial charge >= 0.3 is 0 Å². The van der Waals surface area contributed by atoms with Gasteiger partial charge in [-0.25, -0.2) is 12.8 Å². The first-order valence-corrected chi connectivity index (χ1v) is 11.5. The Labute approximate surface area is 179 Å². The number of amides is 1. The SMILES string of the molecule is CN(C)[C@H](CNC(=O)c1ccc(S(=O)(=O)Nc2ccccc2F)cc1)c1cccs1. The van der Waals surface area contributed by atoms with Gasteiger partial charge in [0.2, 0.25) is 0 Å². The third kappa shape index (κ3) is 5.24. The lowest BCUT2D eigenvalue weighted by Crippen LogP contribution is -2.34. The number of anilines is 1. The topological polar surface area (TPSA) is 78.5 Å². The van der Waals surface area contributed by atoms with Crippen LogP contribution in [0.25, 0.3) is 0 Å². The Morgan fingerprint density at radius 2 is 1.77 bits per heavy atom. The number of nitrogens with one attached hydrogen (secondary N) is 2. The van der Waals surface area contributed by atoms with E-state index in [1.807, 2.05) is 36.5 Å². The van der Waals surface area contributed by atoms with Crippen LogP contribution >= 0.6 is 11.3 Å². The smallest absolute Gasteiger partial charge is 0.261 e. The second kappa shape index (κ2) is 9.38. The highest BCUT2D eigenvalue weighted by molar-refractivity contribution is 7.92. The summed E-state index contributed by atoms with van der Waals surface area (Å²) >= 11 is 1.62. The molecule has 0 aliphatic carbocycles. The van der Waals surface area contributed by atoms with E-state index in [0.29, 0.717) is 12.1 Å². The van der Waals surface area contributed by atoms with E-state index in [2.05, 4.69) is 10.0 Å². The van der Waals surface area contributed by atoms with Gasteiger partial charge in [-0.1, -0.05) is 18.2 Å². The Kier molecular flexibility index (Phi) is 6.86. The Morgan fingerprint density at radius 3 is 2.37 bits per heavy atom. The maximum Gasteiger partial charge on any atom is 0.261 e. The van der Waals surface area contributed by atoms with Crippen molar-refractivity contribution in [2.45, 2.75) is 10.9 Å². The fourth-order valence-electron chi connectivity index (χ4n) is 2.84. The van der Waals surface area contributed by atoms with Crippen molar-refractivity contribution in [3.05, 3.63) is 82.3 Å². The molecule has 9 heteroatoms. The number of thiophene rings is 1. The fourth-order valence-corrected chi connectivity index (χ4v) is 4.83. The molecule has 0 aliphatic heterocycles. The summed E-state index contributed by atoms with van der Waals surface area (Å²) in [6, 6.07) is 15.0. The van der Waals surface area contributed by atoms with Crippen molar-refractivity contribution in [2.75, 3.05) is 25.4 Å². The first-order valence-electron chi connectivity index (χ1n) is 9.13. The highest BCUT2D eigenvalue weighted by Gasteiger charge is 2.19. The lowest BCUT2D eigenvalue weighted by molar-refractivity contribution is 0.0942. The van der Waals surface area contributed by atoms with Crippen LogP contribution in [0.3, 0.4) is 0 Å². The Balaban J connectivity index is 1.67. The summed E-state index contributed by atoms with van der Waals surface area (Å²) < 4.78 is 40.9. The minimum Gasteiger partial charge on any atom is -0.350 e. The van der Waals surface area contributed by atoms with E-state index in [9.17, 15) is 17.6 Å². The highest BCUT2D eigenvalue weighted by atomic mass is 32.2. The van der Waals surface area contributed by atoms with Crippen molar-refractivity contribution < 1.29 is 17.6 Å². The molecule has 6 nitrogen and oxygen atoms in total. The maximum absolute atomic E-state index is 13.7. The van der Waals surface area contributed by atoms with Crippen molar-refractivity contribution in [3.8, 4) is 0 Å². The summed E-state index contributed by atoms with van der Waals surface area (Å²) in [6.45, 7) is 0.418. The van der Waals surface area contributed by atoms with E-state index >= 15 is 0 Å². The number of nitrogens with zero attached hydrogens (tertiary/aromatic N) is 1. The van der Waals surface area contributed by atoms with Crippen molar-refractivity contribution in [1.29, 1.82) is 0 Å². The number of hydrogen-bond acceptors (Lipinski definition) is 5. The van der Waals surface area contributed by atoms with Crippen LogP contribution in [0.1, 0.15) is 21.3 Å². The molecule has 0 saturated carbocycles. The standard InChI is InChI=1S/C21H22FN3O3S2/c1-25(2)19(20-8-5-13-29-20)14-23-21(26)15-9-11-16(12-10-15)30(27,28)24-18-7-4-3-6-17(18)22/h3-13,19,24H,14H2,1-2H3,(H,23,26)/t19-/m1/s1. The Bertz CT molecular complexity index is 1100. The molecule has 1 aromatic heterocycles. The normalized spacial score (nSPS) is 12.5. The largest absolute Gasteiger partial charge is 0.350 e. The van der Waals surface area contributed by atoms with Crippen LogP contribution in [-0.4, -0.2) is 39.9 Å². The number of carbonyl (C=O) groups excluding carboxylic acids is 1. The number of benzene rings is 2. The summed E-state index contributed by atoms with van der Waals surface area (Å²) in [5, 5.41) is 4.87. The van der Waals surface area contributed by atoms with Gasteiger partial charge < -0.3 is 10.2 Å². The van der Waals surface area contributed by atoms with Gasteiger partial charge in [0.1, 0.15) is 5.82 Å². The molecule has 1 heterocycles. The van der Waals surface area contributed by atoms with Gasteiger partial charge in [-0.2, -0.15) is 0 Å². The van der Waals surface area contributed by atoms with Gasteiger partial charge in [0.15, 0.2) is 0 Å². The van der Waals surface area contributed by atoms with Crippen LogP contribution < -0.4 is 10.0 Å². The minimum atomic E-state index is -3.97. The van der Waals surface area contributed by atoms with E-state index in [1.165, 1.54) is 48.5 Å². The molecule has 0 aliphatic rings. The summed E-state index contributed by atoms with van der Waals surface area (Å²) in [4.78, 5) is 15.6. The molecule has 0 spiro atoms. The molecule has 3 rings (SSSR count). The molecule has 3 aromatic rings. The molecule has 2 N–H and O–H groups in total. The third-order valence-corrected chi connectivity index (χ3v) is 6.85. The molecule has 1 amide bonds. The second-order valence-corrected chi connectivity index (χ2v) is 9.48. The van der Waals surface area contributed by atoms with Crippen LogP contribution in [0.2, 0.25) is 0 Å². The lowest BCUT2D eigenvalue weighted by atomic mass is 10.2. The number of hydrogen-bond donors (Lipinski definition) is 2. The Morgan fingerprint density at radius 1 is 1.07 bits per heavy atom. The summed E-state index contributed by atoms with van der Waals surface area (Å²) in [5.74, 6) is -0.970. The summed E-state index contributed by atoms with van der Waals surface area (Å²) in [6.07, 6.45) is 0. The fraction of sp³-hybridized carbons (Fsp3) is 0.190. The second-order valence-electron chi connectivity index (χ2n) is 6.81. The lowest BCUT2D eigenvalue weighted by Gasteiger charge is -2.23. The van der Waals surface area contributed by atoms with Crippen LogP contribution in [0, 0.1) is 5.82 Å². The molecular formula is C21H22FN3O3S2. The number of carbonyl (C=O) groups is 1. The number of sulfonamides is 1. The molecule has 30 heavy (non-hydrogen) atoms. The first-order chi connectivity index (χ1) is 14.3. The molecule has 0 fully saturated rings. The van der Waals surface area contributed by atoms with E-state index in [4.69, 9.17) is 0 Å². The average Bonchev–Trinajstić information content (AvgIpc) is 3.24. The molecule has 1 atom stereocenters. The van der Waals surface area contributed by atoms with Crippen LogP contribution in [0.4, 0.5) is 10.1 Å². The predicted molar refractivity (Wildman–Crippen MR) is 117 cm³/mol. The van der Waals surface area contributed by atoms with Gasteiger partial charge in [0.25, 0.3) is 15.9 Å². The number of rotatable bonds is 8. The van der Waals surface area contributed by atoms with Gasteiger partial charge in [-0.05, 0) is 61.9 Å². The maximum atomic E-state index is 13.7. The number of halogens is 1. The van der Waals surface area contributed by atoms with E-state index in [1.54, 1.807) is 11.3 Å². The van der Waals surface area contributed by atoms with E-state index in [-0.39, 0.29) is 22.5 Å². The van der Waals surface area contributed by atoms with Crippen molar-refractivity contribution in [1.82, 2.24) is 10.2 Å². The van der Waals surface area contributed by atoms with Crippen molar-refractivity contribution in [2.24, 2.45) is 0 Å². The van der Waals surface area contributed by atoms with Gasteiger partial charge in [0.05, 0.1) is 16.6 Å². The molecule has 0 radical (unpaired) electrons. The number of para-hydroxylation sites is 1. The van der Waals surface area contributed by atoms with Crippen LogP contribution in [0.5, 0.6) is 0 Å². The molecule has 0 bridgehead atoms. The molecule has 0 saturated heterocycles. The summed E-state index contributed by atoms with van der Waals surface area (Å²) in [7, 11) is -0.0854. The van der Waals surface area contributed by atoms with Gasteiger partial charge in [-0.15, -0.1) is 11.3 Å². The minimum absolute atomic E-state index is 0.0403. The van der Waals surface area contributed by atoms with Gasteiger partial charge in [0, 0.05) is 17.0 Å². The van der Waals surface area contributed by atoms with Crippen LogP contribution in [0.15, 0.2) is 70.9 Å². The van der Waals surface area contributed by atoms with Crippen molar-refractivity contribution in [3.63, 3.8) is 0 Å².